The summed E-state index contributed by atoms with van der Waals surface area (Å²) < 4.78 is 5.36. The minimum Gasteiger partial charge on any atom is -0.481 e. The number of carboxylic acid groups (broad SMARTS) is 1. The summed E-state index contributed by atoms with van der Waals surface area (Å²) in [7, 11) is 0. The van der Waals surface area contributed by atoms with E-state index in [1.54, 1.807) is 0 Å². The number of fused-ring (bicyclic) bond motifs is 1. The molecule has 1 aliphatic carbocycles. The third-order valence-electron chi connectivity index (χ3n) is 5.44. The minimum atomic E-state index is -0.650. The van der Waals surface area contributed by atoms with Gasteiger partial charge >= 0.3 is 5.97 Å². The fourth-order valence-electron chi connectivity index (χ4n) is 4.26. The van der Waals surface area contributed by atoms with Crippen LogP contribution in [0, 0.1) is 11.3 Å². The van der Waals surface area contributed by atoms with Crippen LogP contribution in [-0.2, 0) is 17.8 Å². The molecule has 6 nitrogen and oxygen atoms in total. The molecule has 0 spiro atoms. The summed E-state index contributed by atoms with van der Waals surface area (Å²) in [4.78, 5) is 18.3. The first-order valence-electron chi connectivity index (χ1n) is 8.47. The van der Waals surface area contributed by atoms with Crippen molar-refractivity contribution >= 4 is 18.4 Å². The molecule has 1 N–H and O–H groups in total. The second-order valence-electron chi connectivity index (χ2n) is 6.99. The number of likely N-dealkylation sites (tertiary alicyclic amines) is 1. The van der Waals surface area contributed by atoms with Crippen LogP contribution in [0.25, 0.3) is 0 Å². The maximum absolute atomic E-state index is 11.7. The fraction of sp³-hybridized carbons (Fsp3) is 0.500. The Bertz CT molecular complexity index is 736. The standard InChI is InChI=1S/C18H21N3O3.ClH/c22-17(23)18-8-4-7-14(18)10-21(12-18)11-16-19-15(20-24-16)9-13-5-2-1-3-6-13;/h1-3,5-6,14H,4,7-12H2,(H,22,23);1H/t14-,18+;/m0./s1. The molecule has 2 atom stereocenters. The molecule has 1 aromatic carbocycles. The summed E-state index contributed by atoms with van der Waals surface area (Å²) >= 11 is 0. The summed E-state index contributed by atoms with van der Waals surface area (Å²) in [5, 5.41) is 13.7. The van der Waals surface area contributed by atoms with Crippen LogP contribution < -0.4 is 0 Å². The number of hydrogen-bond acceptors (Lipinski definition) is 5. The fourth-order valence-corrected chi connectivity index (χ4v) is 4.26. The van der Waals surface area contributed by atoms with E-state index < -0.39 is 11.4 Å². The average Bonchev–Trinajstić information content (AvgIpc) is 3.23. The summed E-state index contributed by atoms with van der Waals surface area (Å²) in [6.07, 6.45) is 3.46. The molecule has 2 fully saturated rings. The predicted octanol–water partition coefficient (Wildman–Crippen LogP) is 2.77. The van der Waals surface area contributed by atoms with Gasteiger partial charge in [-0.3, -0.25) is 9.69 Å². The van der Waals surface area contributed by atoms with Crippen molar-refractivity contribution in [3.05, 3.63) is 47.6 Å². The highest BCUT2D eigenvalue weighted by Gasteiger charge is 2.54. The highest BCUT2D eigenvalue weighted by Crippen LogP contribution is 2.49. The van der Waals surface area contributed by atoms with E-state index in [1.807, 2.05) is 30.3 Å². The van der Waals surface area contributed by atoms with E-state index in [2.05, 4.69) is 15.0 Å². The zero-order valence-electron chi connectivity index (χ0n) is 13.9. The number of carbonyl (C=O) groups is 1. The molecular weight excluding hydrogens is 342 g/mol. The van der Waals surface area contributed by atoms with Crippen LogP contribution in [0.1, 0.15) is 36.5 Å². The van der Waals surface area contributed by atoms with Gasteiger partial charge in [-0.05, 0) is 24.3 Å². The van der Waals surface area contributed by atoms with Crippen LogP contribution in [0.5, 0.6) is 0 Å². The van der Waals surface area contributed by atoms with Gasteiger partial charge in [-0.15, -0.1) is 12.4 Å². The zero-order chi connectivity index (χ0) is 16.6. The van der Waals surface area contributed by atoms with Crippen LogP contribution in [0.3, 0.4) is 0 Å². The van der Waals surface area contributed by atoms with Gasteiger partial charge in [0.05, 0.1) is 12.0 Å². The van der Waals surface area contributed by atoms with Crippen LogP contribution in [0.15, 0.2) is 34.9 Å². The van der Waals surface area contributed by atoms with Crippen molar-refractivity contribution in [2.24, 2.45) is 11.3 Å². The Kier molecular flexibility index (Phi) is 5.11. The topological polar surface area (TPSA) is 79.5 Å². The van der Waals surface area contributed by atoms with Gasteiger partial charge in [0.25, 0.3) is 0 Å². The smallest absolute Gasteiger partial charge is 0.311 e. The van der Waals surface area contributed by atoms with Crippen molar-refractivity contribution in [3.63, 3.8) is 0 Å². The van der Waals surface area contributed by atoms with E-state index >= 15 is 0 Å². The number of benzene rings is 1. The lowest BCUT2D eigenvalue weighted by atomic mass is 9.81. The third kappa shape index (κ3) is 3.41. The number of nitrogens with zero attached hydrogens (tertiary/aromatic N) is 3. The molecule has 25 heavy (non-hydrogen) atoms. The first kappa shape index (κ1) is 17.9. The van der Waals surface area contributed by atoms with Gasteiger partial charge in [0, 0.05) is 19.5 Å². The highest BCUT2D eigenvalue weighted by molar-refractivity contribution is 5.85. The Balaban J connectivity index is 0.00000182. The first-order chi connectivity index (χ1) is 11.7. The second kappa shape index (κ2) is 7.14. The molecular formula is C18H22ClN3O3. The molecule has 2 aliphatic rings. The van der Waals surface area contributed by atoms with Gasteiger partial charge < -0.3 is 9.63 Å². The monoisotopic (exact) mass is 363 g/mol. The maximum atomic E-state index is 11.7. The molecule has 0 bridgehead atoms. The Morgan fingerprint density at radius 1 is 1.36 bits per heavy atom. The quantitative estimate of drug-likeness (QED) is 0.879. The Morgan fingerprint density at radius 2 is 2.16 bits per heavy atom. The number of halogens is 1. The first-order valence-corrected chi connectivity index (χ1v) is 8.47. The highest BCUT2D eigenvalue weighted by atomic mass is 35.5. The van der Waals surface area contributed by atoms with E-state index in [1.165, 1.54) is 0 Å². The molecule has 134 valence electrons. The Morgan fingerprint density at radius 3 is 2.88 bits per heavy atom. The second-order valence-corrected chi connectivity index (χ2v) is 6.99. The van der Waals surface area contributed by atoms with Gasteiger partial charge in [0.15, 0.2) is 5.82 Å². The summed E-state index contributed by atoms with van der Waals surface area (Å²) in [6.45, 7) is 1.93. The number of hydrogen-bond donors (Lipinski definition) is 1. The SMILES string of the molecule is Cl.O=C(O)[C@@]12CCC[C@H]1CN(Cc1nc(Cc3ccccc3)no1)C2. The van der Waals surface area contributed by atoms with Crippen molar-refractivity contribution < 1.29 is 14.4 Å². The lowest BCUT2D eigenvalue weighted by Crippen LogP contribution is -2.35. The normalized spacial score (nSPS) is 25.5. The molecule has 1 saturated heterocycles. The van der Waals surface area contributed by atoms with Gasteiger partial charge in [-0.2, -0.15) is 4.98 Å². The van der Waals surface area contributed by atoms with Crippen molar-refractivity contribution in [2.75, 3.05) is 13.1 Å². The minimum absolute atomic E-state index is 0. The van der Waals surface area contributed by atoms with E-state index in [4.69, 9.17) is 4.52 Å². The number of carboxylic acids is 1. The number of aromatic nitrogens is 2. The van der Waals surface area contributed by atoms with Crippen LogP contribution in [0.2, 0.25) is 0 Å². The summed E-state index contributed by atoms with van der Waals surface area (Å²) in [6, 6.07) is 10.0. The van der Waals surface area contributed by atoms with Crippen molar-refractivity contribution in [1.29, 1.82) is 0 Å². The molecule has 0 unspecified atom stereocenters. The molecule has 2 heterocycles. The van der Waals surface area contributed by atoms with E-state index in [0.29, 0.717) is 31.2 Å². The molecule has 2 aromatic rings. The van der Waals surface area contributed by atoms with Crippen molar-refractivity contribution in [2.45, 2.75) is 32.2 Å². The van der Waals surface area contributed by atoms with Crippen molar-refractivity contribution in [1.82, 2.24) is 15.0 Å². The van der Waals surface area contributed by atoms with Crippen LogP contribution in [0.4, 0.5) is 0 Å². The molecule has 1 aromatic heterocycles. The molecule has 1 aliphatic heterocycles. The Labute approximate surface area is 152 Å². The summed E-state index contributed by atoms with van der Waals surface area (Å²) in [5.41, 5.74) is 0.581. The van der Waals surface area contributed by atoms with E-state index in [9.17, 15) is 9.90 Å². The lowest BCUT2D eigenvalue weighted by molar-refractivity contribution is -0.149. The van der Waals surface area contributed by atoms with Crippen LogP contribution in [-0.4, -0.2) is 39.2 Å². The van der Waals surface area contributed by atoms with Gasteiger partial charge in [-0.25, -0.2) is 0 Å². The average molecular weight is 364 g/mol. The van der Waals surface area contributed by atoms with Gasteiger partial charge in [0.2, 0.25) is 5.89 Å². The Hall–Kier alpha value is -1.92. The third-order valence-corrected chi connectivity index (χ3v) is 5.44. The molecule has 0 radical (unpaired) electrons. The van der Waals surface area contributed by atoms with Gasteiger partial charge in [0.1, 0.15) is 0 Å². The van der Waals surface area contributed by atoms with Crippen LogP contribution >= 0.6 is 12.4 Å². The number of aliphatic carboxylic acids is 1. The van der Waals surface area contributed by atoms with Crippen molar-refractivity contribution in [3.8, 4) is 0 Å². The lowest BCUT2D eigenvalue weighted by Gasteiger charge is -2.23. The zero-order valence-corrected chi connectivity index (χ0v) is 14.7. The summed E-state index contributed by atoms with van der Waals surface area (Å²) in [5.74, 6) is 0.842. The molecule has 1 saturated carbocycles. The molecule has 0 amide bonds. The number of rotatable bonds is 5. The van der Waals surface area contributed by atoms with E-state index in [-0.39, 0.29) is 18.3 Å². The van der Waals surface area contributed by atoms with Gasteiger partial charge in [-0.1, -0.05) is 41.9 Å². The molecule has 7 heteroatoms. The predicted molar refractivity (Wildman–Crippen MR) is 93.5 cm³/mol. The maximum Gasteiger partial charge on any atom is 0.311 e. The van der Waals surface area contributed by atoms with E-state index in [0.717, 1.165) is 31.4 Å². The largest absolute Gasteiger partial charge is 0.481 e. The molecule has 4 rings (SSSR count).